The van der Waals surface area contributed by atoms with Crippen molar-refractivity contribution in [2.24, 2.45) is 9.98 Å². The van der Waals surface area contributed by atoms with Gasteiger partial charge in [-0.3, -0.25) is 9.79 Å². The fourth-order valence-corrected chi connectivity index (χ4v) is 0.934. The van der Waals surface area contributed by atoms with Gasteiger partial charge in [0.25, 0.3) is 0 Å². The second-order valence-corrected chi connectivity index (χ2v) is 2.96. The first kappa shape index (κ1) is 12.8. The SMILES string of the molecule is CN=CCCCC=NCCCC(=O)O. The number of hydrogen-bond donors (Lipinski definition) is 1. The molecular formula is C10H18N2O2. The Labute approximate surface area is 84.8 Å². The third-order valence-electron chi connectivity index (χ3n) is 1.66. The smallest absolute Gasteiger partial charge is 0.303 e. The van der Waals surface area contributed by atoms with Gasteiger partial charge in [-0.2, -0.15) is 0 Å². The molecule has 0 aliphatic heterocycles. The lowest BCUT2D eigenvalue weighted by atomic mass is 10.2. The molecule has 0 aromatic rings. The van der Waals surface area contributed by atoms with E-state index in [0.29, 0.717) is 13.0 Å². The van der Waals surface area contributed by atoms with Crippen molar-refractivity contribution in [2.75, 3.05) is 13.6 Å². The highest BCUT2D eigenvalue weighted by Crippen LogP contribution is 1.92. The molecule has 0 unspecified atom stereocenters. The van der Waals surface area contributed by atoms with E-state index in [1.54, 1.807) is 7.05 Å². The number of carboxylic acids is 1. The quantitative estimate of drug-likeness (QED) is 0.477. The summed E-state index contributed by atoms with van der Waals surface area (Å²) in [7, 11) is 1.76. The van der Waals surface area contributed by atoms with Crippen LogP contribution in [0.4, 0.5) is 0 Å². The molecule has 0 aromatic carbocycles. The van der Waals surface area contributed by atoms with Gasteiger partial charge in [-0.1, -0.05) is 0 Å². The molecule has 4 heteroatoms. The highest BCUT2D eigenvalue weighted by Gasteiger charge is 1.93. The number of aliphatic imine (C=N–C) groups is 2. The van der Waals surface area contributed by atoms with E-state index in [1.165, 1.54) is 0 Å². The maximum Gasteiger partial charge on any atom is 0.303 e. The first-order valence-electron chi connectivity index (χ1n) is 4.88. The van der Waals surface area contributed by atoms with Crippen LogP contribution >= 0.6 is 0 Å². The molecule has 0 bridgehead atoms. The fourth-order valence-electron chi connectivity index (χ4n) is 0.934. The van der Waals surface area contributed by atoms with E-state index >= 15 is 0 Å². The highest BCUT2D eigenvalue weighted by atomic mass is 16.4. The van der Waals surface area contributed by atoms with E-state index in [0.717, 1.165) is 19.3 Å². The van der Waals surface area contributed by atoms with Gasteiger partial charge in [-0.25, -0.2) is 0 Å². The van der Waals surface area contributed by atoms with E-state index in [4.69, 9.17) is 5.11 Å². The van der Waals surface area contributed by atoms with E-state index in [2.05, 4.69) is 9.98 Å². The average Bonchev–Trinajstić information content (AvgIpc) is 2.15. The molecule has 0 saturated carbocycles. The number of nitrogens with zero attached hydrogens (tertiary/aromatic N) is 2. The Morgan fingerprint density at radius 3 is 2.64 bits per heavy atom. The van der Waals surface area contributed by atoms with Gasteiger partial charge in [0.2, 0.25) is 0 Å². The van der Waals surface area contributed by atoms with Crippen molar-refractivity contribution in [2.45, 2.75) is 32.1 Å². The molecule has 0 amide bonds. The van der Waals surface area contributed by atoms with Gasteiger partial charge in [0, 0.05) is 20.0 Å². The van der Waals surface area contributed by atoms with E-state index in [9.17, 15) is 4.79 Å². The third-order valence-corrected chi connectivity index (χ3v) is 1.66. The summed E-state index contributed by atoms with van der Waals surface area (Å²) in [6.07, 6.45) is 7.57. The Hall–Kier alpha value is -1.19. The predicted molar refractivity (Wildman–Crippen MR) is 58.5 cm³/mol. The molecule has 0 aliphatic rings. The minimum Gasteiger partial charge on any atom is -0.481 e. The summed E-state index contributed by atoms with van der Waals surface area (Å²) >= 11 is 0. The van der Waals surface area contributed by atoms with Crippen LogP contribution in [-0.4, -0.2) is 37.1 Å². The van der Waals surface area contributed by atoms with Crippen molar-refractivity contribution in [3.63, 3.8) is 0 Å². The second-order valence-electron chi connectivity index (χ2n) is 2.96. The molecule has 0 saturated heterocycles. The fraction of sp³-hybridized carbons (Fsp3) is 0.700. The Bertz CT molecular complexity index is 200. The largest absolute Gasteiger partial charge is 0.481 e. The predicted octanol–water partition coefficient (Wildman–Crippen LogP) is 1.79. The Morgan fingerprint density at radius 2 is 2.00 bits per heavy atom. The van der Waals surface area contributed by atoms with Crippen LogP contribution in [0.2, 0.25) is 0 Å². The van der Waals surface area contributed by atoms with Crippen LogP contribution in [0.1, 0.15) is 32.1 Å². The normalized spacial score (nSPS) is 11.5. The van der Waals surface area contributed by atoms with Crippen molar-refractivity contribution < 1.29 is 9.90 Å². The molecular weight excluding hydrogens is 180 g/mol. The van der Waals surface area contributed by atoms with Crippen molar-refractivity contribution in [3.05, 3.63) is 0 Å². The van der Waals surface area contributed by atoms with Crippen molar-refractivity contribution in [3.8, 4) is 0 Å². The van der Waals surface area contributed by atoms with Crippen molar-refractivity contribution in [1.82, 2.24) is 0 Å². The summed E-state index contributed by atoms with van der Waals surface area (Å²) in [6, 6.07) is 0. The Morgan fingerprint density at radius 1 is 1.29 bits per heavy atom. The summed E-state index contributed by atoms with van der Waals surface area (Å²) < 4.78 is 0. The topological polar surface area (TPSA) is 62.0 Å². The van der Waals surface area contributed by atoms with E-state index < -0.39 is 5.97 Å². The molecule has 0 atom stereocenters. The maximum absolute atomic E-state index is 10.1. The van der Waals surface area contributed by atoms with Crippen LogP contribution < -0.4 is 0 Å². The summed E-state index contributed by atoms with van der Waals surface area (Å²) in [6.45, 7) is 0.619. The summed E-state index contributed by atoms with van der Waals surface area (Å²) in [5, 5.41) is 8.35. The second kappa shape index (κ2) is 9.89. The van der Waals surface area contributed by atoms with Gasteiger partial charge in [0.1, 0.15) is 0 Å². The third kappa shape index (κ3) is 10.8. The van der Waals surface area contributed by atoms with Crippen LogP contribution in [0.3, 0.4) is 0 Å². The zero-order chi connectivity index (χ0) is 10.6. The number of aliphatic carboxylic acids is 1. The number of carbonyl (C=O) groups is 1. The summed E-state index contributed by atoms with van der Waals surface area (Å²) in [4.78, 5) is 18.1. The maximum atomic E-state index is 10.1. The number of hydrogen-bond acceptors (Lipinski definition) is 3. The molecule has 14 heavy (non-hydrogen) atoms. The highest BCUT2D eigenvalue weighted by molar-refractivity contribution is 5.66. The van der Waals surface area contributed by atoms with Crippen LogP contribution in [-0.2, 0) is 4.79 Å². The van der Waals surface area contributed by atoms with Gasteiger partial charge < -0.3 is 10.1 Å². The Kier molecular flexibility index (Phi) is 9.05. The van der Waals surface area contributed by atoms with Gasteiger partial charge in [-0.15, -0.1) is 0 Å². The number of carboxylic acid groups (broad SMARTS) is 1. The van der Waals surface area contributed by atoms with Crippen molar-refractivity contribution in [1.29, 1.82) is 0 Å². The average molecular weight is 198 g/mol. The molecule has 0 spiro atoms. The lowest BCUT2D eigenvalue weighted by molar-refractivity contribution is -0.137. The first-order chi connectivity index (χ1) is 6.77. The zero-order valence-electron chi connectivity index (χ0n) is 8.65. The lowest BCUT2D eigenvalue weighted by Gasteiger charge is -1.91. The molecule has 0 aliphatic carbocycles. The molecule has 1 N–H and O–H groups in total. The van der Waals surface area contributed by atoms with Crippen LogP contribution in [0.5, 0.6) is 0 Å². The molecule has 0 rings (SSSR count). The first-order valence-corrected chi connectivity index (χ1v) is 4.88. The zero-order valence-corrected chi connectivity index (χ0v) is 8.65. The molecule has 0 aromatic heterocycles. The monoisotopic (exact) mass is 198 g/mol. The Balaban J connectivity index is 3.15. The molecule has 0 heterocycles. The van der Waals surface area contributed by atoms with Crippen molar-refractivity contribution >= 4 is 18.4 Å². The molecule has 4 nitrogen and oxygen atoms in total. The van der Waals surface area contributed by atoms with E-state index in [-0.39, 0.29) is 6.42 Å². The van der Waals surface area contributed by atoms with Gasteiger partial charge in [0.05, 0.1) is 0 Å². The summed E-state index contributed by atoms with van der Waals surface area (Å²) in [5.41, 5.74) is 0. The van der Waals surface area contributed by atoms with Crippen LogP contribution in [0.25, 0.3) is 0 Å². The lowest BCUT2D eigenvalue weighted by Crippen LogP contribution is -1.95. The minimum absolute atomic E-state index is 0.208. The number of unbranched alkanes of at least 4 members (excludes halogenated alkanes) is 2. The summed E-state index contributed by atoms with van der Waals surface area (Å²) in [5.74, 6) is -0.751. The minimum atomic E-state index is -0.751. The molecule has 0 fully saturated rings. The van der Waals surface area contributed by atoms with Gasteiger partial charge in [0.15, 0.2) is 0 Å². The standard InChI is InChI=1S/C10H18N2O2/c1-11-7-3-2-4-8-12-9-5-6-10(13)14/h7-8H,2-6,9H2,1H3,(H,13,14). The number of rotatable bonds is 8. The van der Waals surface area contributed by atoms with Crippen LogP contribution in [0, 0.1) is 0 Å². The van der Waals surface area contributed by atoms with Gasteiger partial charge >= 0.3 is 5.97 Å². The van der Waals surface area contributed by atoms with Gasteiger partial charge in [-0.05, 0) is 38.1 Å². The van der Waals surface area contributed by atoms with Crippen LogP contribution in [0.15, 0.2) is 9.98 Å². The van der Waals surface area contributed by atoms with E-state index in [1.807, 2.05) is 12.4 Å². The molecule has 80 valence electrons. The molecule has 0 radical (unpaired) electrons.